The molecule has 1 fully saturated rings. The largest absolute Gasteiger partial charge is 0.496 e. The van der Waals surface area contributed by atoms with Crippen LogP contribution in [0.25, 0.3) is 10.2 Å². The van der Waals surface area contributed by atoms with Crippen LogP contribution in [-0.4, -0.2) is 36.6 Å². The van der Waals surface area contributed by atoms with E-state index in [1.165, 1.54) is 11.6 Å². The highest BCUT2D eigenvalue weighted by atomic mass is 35.5. The molecule has 26 heavy (non-hydrogen) atoms. The van der Waals surface area contributed by atoms with Gasteiger partial charge in [0.1, 0.15) is 16.6 Å². The van der Waals surface area contributed by atoms with Gasteiger partial charge in [0.15, 0.2) is 0 Å². The van der Waals surface area contributed by atoms with Gasteiger partial charge in [-0.1, -0.05) is 18.2 Å². The molecule has 1 aromatic heterocycles. The summed E-state index contributed by atoms with van der Waals surface area (Å²) < 4.78 is 19.9. The minimum absolute atomic E-state index is 0. The first-order valence-corrected chi connectivity index (χ1v) is 9.19. The van der Waals surface area contributed by atoms with E-state index in [-0.39, 0.29) is 24.3 Å². The number of nitrogens with one attached hydrogen (secondary N) is 1. The number of methoxy groups -OCH3 is 1. The van der Waals surface area contributed by atoms with Gasteiger partial charge in [-0.25, -0.2) is 9.37 Å². The van der Waals surface area contributed by atoms with Crippen molar-refractivity contribution in [3.8, 4) is 5.75 Å². The van der Waals surface area contributed by atoms with Crippen molar-refractivity contribution in [2.24, 2.45) is 0 Å². The van der Waals surface area contributed by atoms with Gasteiger partial charge in [0.25, 0.3) is 0 Å². The van der Waals surface area contributed by atoms with E-state index in [9.17, 15) is 4.39 Å². The standard InChI is InChI=1S/C19H20FN3OS.ClH/c1-24-17-5-3-2-4-14(17)16-11-21-8-9-23(16)12-19-22-15-7-6-13(20)10-18(15)25-19;/h2-7,10,16,21H,8-9,11-12H2,1H3;1H. The van der Waals surface area contributed by atoms with E-state index in [0.29, 0.717) is 0 Å². The Bertz CT molecular complexity index is 888. The van der Waals surface area contributed by atoms with Crippen LogP contribution in [0.4, 0.5) is 4.39 Å². The van der Waals surface area contributed by atoms with E-state index >= 15 is 0 Å². The Hall–Kier alpha value is -1.73. The van der Waals surface area contributed by atoms with Crippen LogP contribution >= 0.6 is 23.7 Å². The van der Waals surface area contributed by atoms with E-state index in [1.54, 1.807) is 30.6 Å². The molecule has 2 heterocycles. The quantitative estimate of drug-likeness (QED) is 0.726. The second-order valence-electron chi connectivity index (χ2n) is 6.15. The molecule has 1 saturated heterocycles. The number of para-hydroxylation sites is 1. The monoisotopic (exact) mass is 393 g/mol. The predicted octanol–water partition coefficient (Wildman–Crippen LogP) is 4.01. The van der Waals surface area contributed by atoms with Gasteiger partial charge in [0.2, 0.25) is 0 Å². The number of hydrogen-bond acceptors (Lipinski definition) is 5. The van der Waals surface area contributed by atoms with Crippen molar-refractivity contribution in [1.82, 2.24) is 15.2 Å². The first-order valence-electron chi connectivity index (χ1n) is 8.37. The first kappa shape index (κ1) is 19.0. The fourth-order valence-electron chi connectivity index (χ4n) is 3.37. The third-order valence-corrected chi connectivity index (χ3v) is 5.59. The number of ether oxygens (including phenoxy) is 1. The van der Waals surface area contributed by atoms with Gasteiger partial charge in [0, 0.05) is 25.2 Å². The van der Waals surface area contributed by atoms with Crippen molar-refractivity contribution < 1.29 is 9.13 Å². The predicted molar refractivity (Wildman–Crippen MR) is 106 cm³/mol. The van der Waals surface area contributed by atoms with Crippen LogP contribution in [0.3, 0.4) is 0 Å². The van der Waals surface area contributed by atoms with E-state index in [0.717, 1.165) is 47.2 Å². The van der Waals surface area contributed by atoms with E-state index in [4.69, 9.17) is 4.74 Å². The molecule has 138 valence electrons. The molecule has 4 nitrogen and oxygen atoms in total. The van der Waals surface area contributed by atoms with Crippen LogP contribution in [0.1, 0.15) is 16.6 Å². The van der Waals surface area contributed by atoms with Crippen molar-refractivity contribution in [3.05, 3.63) is 58.9 Å². The second kappa shape index (κ2) is 8.31. The highest BCUT2D eigenvalue weighted by Crippen LogP contribution is 2.32. The summed E-state index contributed by atoms with van der Waals surface area (Å²) in [6.45, 7) is 3.52. The summed E-state index contributed by atoms with van der Waals surface area (Å²) in [5, 5.41) is 4.49. The molecule has 1 atom stereocenters. The lowest BCUT2D eigenvalue weighted by molar-refractivity contribution is 0.151. The summed E-state index contributed by atoms with van der Waals surface area (Å²) in [7, 11) is 1.71. The molecule has 7 heteroatoms. The van der Waals surface area contributed by atoms with Gasteiger partial charge >= 0.3 is 0 Å². The Morgan fingerprint density at radius 2 is 2.15 bits per heavy atom. The van der Waals surface area contributed by atoms with Crippen LogP contribution in [0.15, 0.2) is 42.5 Å². The van der Waals surface area contributed by atoms with Crippen molar-refractivity contribution in [1.29, 1.82) is 0 Å². The number of thiazole rings is 1. The SMILES string of the molecule is COc1ccccc1C1CNCCN1Cc1nc2ccc(F)cc2s1.Cl. The Labute approximate surface area is 162 Å². The van der Waals surface area contributed by atoms with Crippen molar-refractivity contribution in [2.45, 2.75) is 12.6 Å². The van der Waals surface area contributed by atoms with Gasteiger partial charge in [-0.3, -0.25) is 4.90 Å². The summed E-state index contributed by atoms with van der Waals surface area (Å²) in [6, 6.07) is 13.2. The molecule has 3 aromatic rings. The number of halogens is 2. The summed E-state index contributed by atoms with van der Waals surface area (Å²) in [4.78, 5) is 7.10. The lowest BCUT2D eigenvalue weighted by Crippen LogP contribution is -2.45. The molecular weight excluding hydrogens is 373 g/mol. The lowest BCUT2D eigenvalue weighted by Gasteiger charge is -2.36. The number of fused-ring (bicyclic) bond motifs is 1. The summed E-state index contributed by atoms with van der Waals surface area (Å²) in [6.07, 6.45) is 0. The van der Waals surface area contributed by atoms with Gasteiger partial charge in [0.05, 0.1) is 29.9 Å². The number of nitrogens with zero attached hydrogens (tertiary/aromatic N) is 2. The average Bonchev–Trinajstić information content (AvgIpc) is 3.03. The van der Waals surface area contributed by atoms with Crippen LogP contribution < -0.4 is 10.1 Å². The molecule has 0 amide bonds. The maximum atomic E-state index is 13.4. The average molecular weight is 394 g/mol. The van der Waals surface area contributed by atoms with E-state index < -0.39 is 0 Å². The molecule has 4 rings (SSSR count). The summed E-state index contributed by atoms with van der Waals surface area (Å²) >= 11 is 1.57. The molecule has 2 aromatic carbocycles. The summed E-state index contributed by atoms with van der Waals surface area (Å²) in [5.41, 5.74) is 2.05. The highest BCUT2D eigenvalue weighted by molar-refractivity contribution is 7.18. The number of benzene rings is 2. The minimum Gasteiger partial charge on any atom is -0.496 e. The second-order valence-corrected chi connectivity index (χ2v) is 7.27. The van der Waals surface area contributed by atoms with E-state index in [1.807, 2.05) is 18.2 Å². The van der Waals surface area contributed by atoms with Crippen LogP contribution in [0.5, 0.6) is 5.75 Å². The Morgan fingerprint density at radius 3 is 3.00 bits per heavy atom. The topological polar surface area (TPSA) is 37.4 Å². The molecule has 0 aliphatic carbocycles. The molecule has 1 aliphatic rings. The minimum atomic E-state index is -0.211. The van der Waals surface area contributed by atoms with Gasteiger partial charge < -0.3 is 10.1 Å². The molecule has 0 radical (unpaired) electrons. The Kier molecular flexibility index (Phi) is 6.09. The Morgan fingerprint density at radius 1 is 1.31 bits per heavy atom. The molecule has 1 N–H and O–H groups in total. The van der Waals surface area contributed by atoms with Crippen molar-refractivity contribution >= 4 is 34.0 Å². The molecule has 0 bridgehead atoms. The van der Waals surface area contributed by atoms with Crippen molar-refractivity contribution in [2.75, 3.05) is 26.7 Å². The summed E-state index contributed by atoms with van der Waals surface area (Å²) in [5.74, 6) is 0.698. The molecule has 1 unspecified atom stereocenters. The number of hydrogen-bond donors (Lipinski definition) is 1. The molecular formula is C19H21ClFN3OS. The van der Waals surface area contributed by atoms with E-state index in [2.05, 4.69) is 21.3 Å². The zero-order valence-electron chi connectivity index (χ0n) is 14.4. The normalized spacial score (nSPS) is 17.8. The number of piperazine rings is 1. The number of rotatable bonds is 4. The van der Waals surface area contributed by atoms with Crippen molar-refractivity contribution in [3.63, 3.8) is 0 Å². The maximum Gasteiger partial charge on any atom is 0.124 e. The molecule has 0 spiro atoms. The smallest absolute Gasteiger partial charge is 0.124 e. The third-order valence-electron chi connectivity index (χ3n) is 4.59. The molecule has 0 saturated carbocycles. The van der Waals surface area contributed by atoms with Crippen LogP contribution in [0, 0.1) is 5.82 Å². The Balaban J connectivity index is 0.00000196. The zero-order valence-corrected chi connectivity index (χ0v) is 16.1. The van der Waals surface area contributed by atoms with Crippen LogP contribution in [0.2, 0.25) is 0 Å². The fourth-order valence-corrected chi connectivity index (χ4v) is 4.39. The van der Waals surface area contributed by atoms with Gasteiger partial charge in [-0.2, -0.15) is 0 Å². The van der Waals surface area contributed by atoms with Gasteiger partial charge in [-0.05, 0) is 24.3 Å². The maximum absolute atomic E-state index is 13.4. The highest BCUT2D eigenvalue weighted by Gasteiger charge is 2.27. The fraction of sp³-hybridized carbons (Fsp3) is 0.316. The zero-order chi connectivity index (χ0) is 17.2. The van der Waals surface area contributed by atoms with Gasteiger partial charge in [-0.15, -0.1) is 23.7 Å². The molecule has 1 aliphatic heterocycles. The number of aromatic nitrogens is 1. The first-order chi connectivity index (χ1) is 12.2. The third kappa shape index (κ3) is 3.83. The lowest BCUT2D eigenvalue weighted by atomic mass is 10.0. The van der Waals surface area contributed by atoms with Crippen LogP contribution in [-0.2, 0) is 6.54 Å².